The number of aromatic nitrogens is 1. The lowest BCUT2D eigenvalue weighted by atomic mass is 9.91. The van der Waals surface area contributed by atoms with E-state index in [1.54, 1.807) is 11.3 Å². The van der Waals surface area contributed by atoms with Crippen LogP contribution < -0.4 is 15.5 Å². The van der Waals surface area contributed by atoms with Crippen molar-refractivity contribution in [2.45, 2.75) is 25.8 Å². The Balaban J connectivity index is 1.53. The molecule has 1 fully saturated rings. The molecule has 6 nitrogen and oxygen atoms in total. The predicted octanol–water partition coefficient (Wildman–Crippen LogP) is 2.54. The van der Waals surface area contributed by atoms with Crippen LogP contribution in [0.15, 0.2) is 40.8 Å². The van der Waals surface area contributed by atoms with Gasteiger partial charge in [-0.2, -0.15) is 0 Å². The van der Waals surface area contributed by atoms with Crippen molar-refractivity contribution < 1.29 is 0 Å². The quantitative estimate of drug-likeness (QED) is 0.577. The summed E-state index contributed by atoms with van der Waals surface area (Å²) in [5.41, 5.74) is 1.28. The third-order valence-electron chi connectivity index (χ3n) is 5.21. The standard InChI is InChI=1S/C21H32N6S/c1-21(2,18-6-5-13-28-18)16-25-20(22-3)24-15-17-7-8-23-19(14-17)27-11-9-26(4)10-12-27/h5-8,13-14H,9-12,15-16H2,1-4H3,(H2,22,24,25). The number of guanidine groups is 1. The lowest BCUT2D eigenvalue weighted by molar-refractivity contribution is 0.312. The van der Waals surface area contributed by atoms with Crippen LogP contribution >= 0.6 is 11.3 Å². The molecule has 0 unspecified atom stereocenters. The Labute approximate surface area is 172 Å². The molecule has 152 valence electrons. The third-order valence-corrected chi connectivity index (χ3v) is 6.44. The smallest absolute Gasteiger partial charge is 0.191 e. The second-order valence-electron chi connectivity index (χ2n) is 7.95. The summed E-state index contributed by atoms with van der Waals surface area (Å²) in [6.07, 6.45) is 1.90. The van der Waals surface area contributed by atoms with E-state index in [0.29, 0.717) is 0 Å². The van der Waals surface area contributed by atoms with Gasteiger partial charge in [0.15, 0.2) is 5.96 Å². The van der Waals surface area contributed by atoms with Crippen LogP contribution in [0.5, 0.6) is 0 Å². The van der Waals surface area contributed by atoms with Crippen molar-refractivity contribution in [2.24, 2.45) is 4.99 Å². The summed E-state index contributed by atoms with van der Waals surface area (Å²) in [6.45, 7) is 10.3. The largest absolute Gasteiger partial charge is 0.356 e. The van der Waals surface area contributed by atoms with Gasteiger partial charge in [0.25, 0.3) is 0 Å². The van der Waals surface area contributed by atoms with E-state index in [-0.39, 0.29) is 5.41 Å². The molecule has 0 aromatic carbocycles. The maximum absolute atomic E-state index is 4.57. The second kappa shape index (κ2) is 9.39. The first-order valence-electron chi connectivity index (χ1n) is 9.85. The average Bonchev–Trinajstić information content (AvgIpc) is 3.25. The summed E-state index contributed by atoms with van der Waals surface area (Å²) in [7, 11) is 3.99. The summed E-state index contributed by atoms with van der Waals surface area (Å²) in [5.74, 6) is 1.89. The number of hydrogen-bond acceptors (Lipinski definition) is 5. The number of piperazine rings is 1. The molecule has 0 bridgehead atoms. The number of rotatable bonds is 6. The third kappa shape index (κ3) is 5.45. The fraction of sp³-hybridized carbons (Fsp3) is 0.524. The average molecular weight is 401 g/mol. The van der Waals surface area contributed by atoms with Crippen molar-refractivity contribution >= 4 is 23.1 Å². The van der Waals surface area contributed by atoms with Crippen LogP contribution in [-0.2, 0) is 12.0 Å². The summed E-state index contributed by atoms with van der Waals surface area (Å²) in [6, 6.07) is 8.55. The van der Waals surface area contributed by atoms with Crippen molar-refractivity contribution in [1.29, 1.82) is 0 Å². The van der Waals surface area contributed by atoms with Gasteiger partial charge in [-0.25, -0.2) is 4.98 Å². The molecule has 2 N–H and O–H groups in total. The van der Waals surface area contributed by atoms with Gasteiger partial charge in [0, 0.05) is 62.8 Å². The Morgan fingerprint density at radius 2 is 2.00 bits per heavy atom. The van der Waals surface area contributed by atoms with E-state index >= 15 is 0 Å². The molecule has 1 aliphatic heterocycles. The molecule has 0 amide bonds. The second-order valence-corrected chi connectivity index (χ2v) is 8.90. The lowest BCUT2D eigenvalue weighted by Gasteiger charge is -2.33. The minimum atomic E-state index is 0.0665. The monoisotopic (exact) mass is 400 g/mol. The van der Waals surface area contributed by atoms with E-state index in [1.165, 1.54) is 10.4 Å². The summed E-state index contributed by atoms with van der Waals surface area (Å²) in [4.78, 5) is 15.0. The number of hydrogen-bond donors (Lipinski definition) is 2. The Morgan fingerprint density at radius 1 is 1.21 bits per heavy atom. The number of anilines is 1. The highest BCUT2D eigenvalue weighted by Crippen LogP contribution is 2.26. The summed E-state index contributed by atoms with van der Waals surface area (Å²) < 4.78 is 0. The molecule has 0 atom stereocenters. The van der Waals surface area contributed by atoms with E-state index in [9.17, 15) is 0 Å². The van der Waals surface area contributed by atoms with Crippen molar-refractivity contribution in [1.82, 2.24) is 20.5 Å². The molecular weight excluding hydrogens is 368 g/mol. The van der Waals surface area contributed by atoms with Crippen LogP contribution in [0.2, 0.25) is 0 Å². The van der Waals surface area contributed by atoms with Crippen LogP contribution in [-0.4, -0.2) is 62.7 Å². The minimum absolute atomic E-state index is 0.0665. The Morgan fingerprint density at radius 3 is 2.68 bits per heavy atom. The van der Waals surface area contributed by atoms with Crippen molar-refractivity contribution in [3.05, 3.63) is 46.3 Å². The first-order chi connectivity index (χ1) is 13.5. The summed E-state index contributed by atoms with van der Waals surface area (Å²) >= 11 is 1.80. The van der Waals surface area contributed by atoms with Crippen molar-refractivity contribution in [3.8, 4) is 0 Å². The van der Waals surface area contributed by atoms with Crippen molar-refractivity contribution in [2.75, 3.05) is 51.7 Å². The van der Waals surface area contributed by atoms with Gasteiger partial charge >= 0.3 is 0 Å². The van der Waals surface area contributed by atoms with E-state index in [1.807, 2.05) is 13.2 Å². The zero-order valence-corrected chi connectivity index (χ0v) is 18.2. The molecule has 1 saturated heterocycles. The zero-order chi connectivity index (χ0) is 20.0. The summed E-state index contributed by atoms with van der Waals surface area (Å²) in [5, 5.41) is 9.02. The van der Waals surface area contributed by atoms with Gasteiger partial charge in [-0.15, -0.1) is 11.3 Å². The van der Waals surface area contributed by atoms with Gasteiger partial charge in [-0.1, -0.05) is 19.9 Å². The molecule has 0 aliphatic carbocycles. The SMILES string of the molecule is CN=C(NCc1ccnc(N2CCN(C)CC2)c1)NCC(C)(C)c1cccs1. The predicted molar refractivity (Wildman–Crippen MR) is 119 cm³/mol. The van der Waals surface area contributed by atoms with Gasteiger partial charge in [0.05, 0.1) is 0 Å². The molecule has 3 heterocycles. The highest BCUT2D eigenvalue weighted by molar-refractivity contribution is 7.10. The van der Waals surface area contributed by atoms with Crippen LogP contribution in [0.3, 0.4) is 0 Å². The first kappa shape index (κ1) is 20.6. The van der Waals surface area contributed by atoms with Gasteiger partial charge in [0.1, 0.15) is 5.82 Å². The van der Waals surface area contributed by atoms with E-state index < -0.39 is 0 Å². The van der Waals surface area contributed by atoms with Gasteiger partial charge in [-0.3, -0.25) is 4.99 Å². The molecular formula is C21H32N6S. The first-order valence-corrected chi connectivity index (χ1v) is 10.7. The fourth-order valence-corrected chi connectivity index (χ4v) is 4.09. The lowest BCUT2D eigenvalue weighted by Crippen LogP contribution is -2.45. The molecule has 28 heavy (non-hydrogen) atoms. The van der Waals surface area contributed by atoms with E-state index in [4.69, 9.17) is 0 Å². The molecule has 2 aromatic heterocycles. The Bertz CT molecular complexity index is 763. The van der Waals surface area contributed by atoms with E-state index in [0.717, 1.165) is 51.0 Å². The van der Waals surface area contributed by atoms with Crippen LogP contribution in [0, 0.1) is 0 Å². The zero-order valence-electron chi connectivity index (χ0n) is 17.4. The highest BCUT2D eigenvalue weighted by Gasteiger charge is 2.22. The van der Waals surface area contributed by atoms with Gasteiger partial charge in [-0.05, 0) is 36.2 Å². The highest BCUT2D eigenvalue weighted by atomic mass is 32.1. The van der Waals surface area contributed by atoms with Gasteiger partial charge < -0.3 is 20.4 Å². The molecule has 0 saturated carbocycles. The molecule has 2 aromatic rings. The molecule has 1 aliphatic rings. The Hall–Kier alpha value is -2.12. The number of pyridine rings is 1. The fourth-order valence-electron chi connectivity index (χ4n) is 3.24. The van der Waals surface area contributed by atoms with Gasteiger partial charge in [0.2, 0.25) is 0 Å². The normalized spacial score (nSPS) is 16.3. The topological polar surface area (TPSA) is 55.8 Å². The Kier molecular flexibility index (Phi) is 6.91. The van der Waals surface area contributed by atoms with E-state index in [2.05, 4.69) is 81.0 Å². The molecule has 0 spiro atoms. The van der Waals surface area contributed by atoms with Crippen molar-refractivity contribution in [3.63, 3.8) is 0 Å². The van der Waals surface area contributed by atoms with Crippen LogP contribution in [0.1, 0.15) is 24.3 Å². The number of nitrogens with zero attached hydrogens (tertiary/aromatic N) is 4. The van der Waals surface area contributed by atoms with Crippen LogP contribution in [0.4, 0.5) is 5.82 Å². The molecule has 7 heteroatoms. The minimum Gasteiger partial charge on any atom is -0.356 e. The van der Waals surface area contributed by atoms with Crippen LogP contribution in [0.25, 0.3) is 0 Å². The maximum Gasteiger partial charge on any atom is 0.191 e. The maximum atomic E-state index is 4.57. The molecule has 3 rings (SSSR count). The number of nitrogens with one attached hydrogen (secondary N) is 2. The number of aliphatic imine (C=N–C) groups is 1. The number of likely N-dealkylation sites (N-methyl/N-ethyl adjacent to an activating group) is 1. The molecule has 0 radical (unpaired) electrons. The number of thiophene rings is 1.